The Morgan fingerprint density at radius 1 is 1.10 bits per heavy atom. The van der Waals surface area contributed by atoms with E-state index in [1.54, 1.807) is 7.11 Å². The van der Waals surface area contributed by atoms with E-state index in [-0.39, 0.29) is 6.04 Å². The zero-order valence-corrected chi connectivity index (χ0v) is 13.0. The van der Waals surface area contributed by atoms with Crippen LogP contribution in [0.2, 0.25) is 10.0 Å². The van der Waals surface area contributed by atoms with E-state index in [0.29, 0.717) is 10.8 Å². The first-order chi connectivity index (χ1) is 9.65. The van der Waals surface area contributed by atoms with Gasteiger partial charge in [0.15, 0.2) is 0 Å². The largest absolute Gasteiger partial charge is 0.495 e. The molecule has 0 bridgehead atoms. The summed E-state index contributed by atoms with van der Waals surface area (Å²) in [6, 6.07) is 13.9. The fourth-order valence-corrected chi connectivity index (χ4v) is 2.65. The number of benzene rings is 2. The van der Waals surface area contributed by atoms with Crippen molar-refractivity contribution in [3.8, 4) is 5.75 Å². The fraction of sp³-hybridized carbons (Fsp3) is 0.250. The van der Waals surface area contributed by atoms with E-state index in [1.165, 1.54) is 0 Å². The lowest BCUT2D eigenvalue weighted by Crippen LogP contribution is -2.19. The summed E-state index contributed by atoms with van der Waals surface area (Å²) in [5.74, 6) is 0.683. The molecule has 0 saturated heterocycles. The van der Waals surface area contributed by atoms with Gasteiger partial charge in [-0.2, -0.15) is 0 Å². The smallest absolute Gasteiger partial charge is 0.137 e. The average Bonchev–Trinajstić information content (AvgIpc) is 2.46. The maximum atomic E-state index is 6.22. The lowest BCUT2D eigenvalue weighted by Gasteiger charge is -2.18. The van der Waals surface area contributed by atoms with Gasteiger partial charge >= 0.3 is 0 Å². The molecule has 20 heavy (non-hydrogen) atoms. The van der Waals surface area contributed by atoms with Gasteiger partial charge < -0.3 is 10.1 Å². The van der Waals surface area contributed by atoms with Gasteiger partial charge in [-0.25, -0.2) is 0 Å². The van der Waals surface area contributed by atoms with E-state index in [1.807, 2.05) is 49.5 Å². The summed E-state index contributed by atoms with van der Waals surface area (Å²) in [5.41, 5.74) is 2.22. The third kappa shape index (κ3) is 3.45. The van der Waals surface area contributed by atoms with Gasteiger partial charge in [-0.1, -0.05) is 47.5 Å². The first-order valence-corrected chi connectivity index (χ1v) is 7.15. The van der Waals surface area contributed by atoms with E-state index in [0.717, 1.165) is 22.6 Å². The number of nitrogens with one attached hydrogen (secondary N) is 1. The van der Waals surface area contributed by atoms with Crippen LogP contribution in [0.3, 0.4) is 0 Å². The van der Waals surface area contributed by atoms with Crippen molar-refractivity contribution >= 4 is 23.2 Å². The van der Waals surface area contributed by atoms with Gasteiger partial charge in [0, 0.05) is 11.1 Å². The van der Waals surface area contributed by atoms with Crippen LogP contribution in [-0.4, -0.2) is 14.2 Å². The second kappa shape index (κ2) is 6.98. The minimum Gasteiger partial charge on any atom is -0.495 e. The molecule has 0 aliphatic carbocycles. The molecule has 0 spiro atoms. The topological polar surface area (TPSA) is 21.3 Å². The number of likely N-dealkylation sites (N-methyl/N-ethyl adjacent to an activating group) is 1. The van der Waals surface area contributed by atoms with Crippen molar-refractivity contribution in [2.45, 2.75) is 12.5 Å². The Kier molecular flexibility index (Phi) is 5.30. The van der Waals surface area contributed by atoms with Crippen LogP contribution in [-0.2, 0) is 6.42 Å². The van der Waals surface area contributed by atoms with Crippen molar-refractivity contribution in [1.82, 2.24) is 5.32 Å². The van der Waals surface area contributed by atoms with Gasteiger partial charge in [0.05, 0.1) is 12.1 Å². The molecule has 0 radical (unpaired) electrons. The summed E-state index contributed by atoms with van der Waals surface area (Å²) < 4.78 is 5.18. The minimum atomic E-state index is 0.151. The molecule has 2 rings (SSSR count). The van der Waals surface area contributed by atoms with E-state index in [4.69, 9.17) is 27.9 Å². The normalized spacial score (nSPS) is 12.2. The number of methoxy groups -OCH3 is 1. The molecule has 4 heteroatoms. The molecule has 0 amide bonds. The molecule has 1 N–H and O–H groups in total. The Morgan fingerprint density at radius 3 is 2.45 bits per heavy atom. The Balaban J connectivity index is 2.24. The van der Waals surface area contributed by atoms with Crippen molar-refractivity contribution in [3.05, 3.63) is 63.6 Å². The fourth-order valence-electron chi connectivity index (χ4n) is 2.17. The van der Waals surface area contributed by atoms with Crippen LogP contribution in [0.15, 0.2) is 42.5 Å². The van der Waals surface area contributed by atoms with Crippen molar-refractivity contribution in [3.63, 3.8) is 0 Å². The maximum absolute atomic E-state index is 6.22. The molecule has 1 unspecified atom stereocenters. The van der Waals surface area contributed by atoms with Crippen molar-refractivity contribution < 1.29 is 4.74 Å². The zero-order valence-electron chi connectivity index (χ0n) is 11.5. The molecule has 106 valence electrons. The highest BCUT2D eigenvalue weighted by atomic mass is 35.5. The first-order valence-electron chi connectivity index (χ1n) is 6.39. The molecule has 0 aliphatic heterocycles. The second-order valence-electron chi connectivity index (χ2n) is 4.53. The van der Waals surface area contributed by atoms with E-state index >= 15 is 0 Å². The highest BCUT2D eigenvalue weighted by Crippen LogP contribution is 2.29. The molecule has 0 saturated carbocycles. The maximum Gasteiger partial charge on any atom is 0.137 e. The van der Waals surface area contributed by atoms with Crippen molar-refractivity contribution in [1.29, 1.82) is 0 Å². The number of hydrogen-bond donors (Lipinski definition) is 1. The van der Waals surface area contributed by atoms with E-state index in [2.05, 4.69) is 5.32 Å². The van der Waals surface area contributed by atoms with Crippen LogP contribution >= 0.6 is 23.2 Å². The molecule has 1 atom stereocenters. The third-order valence-electron chi connectivity index (χ3n) is 3.31. The first kappa shape index (κ1) is 15.2. The van der Waals surface area contributed by atoms with Crippen LogP contribution in [0.4, 0.5) is 0 Å². The van der Waals surface area contributed by atoms with Gasteiger partial charge in [-0.05, 0) is 42.8 Å². The Hall–Kier alpha value is -1.22. The summed E-state index contributed by atoms with van der Waals surface area (Å²) >= 11 is 12.4. The highest BCUT2D eigenvalue weighted by Gasteiger charge is 2.13. The SMILES string of the molecule is CNC(Cc1ccccc1Cl)c1ccc(OC)c(Cl)c1. The number of ether oxygens (including phenoxy) is 1. The molecular formula is C16H17Cl2NO. The Morgan fingerprint density at radius 2 is 1.85 bits per heavy atom. The summed E-state index contributed by atoms with van der Waals surface area (Å²) in [5, 5.41) is 4.70. The van der Waals surface area contributed by atoms with Gasteiger partial charge in [-0.15, -0.1) is 0 Å². The van der Waals surface area contributed by atoms with Crippen LogP contribution in [0.1, 0.15) is 17.2 Å². The Labute approximate surface area is 129 Å². The lowest BCUT2D eigenvalue weighted by molar-refractivity contribution is 0.414. The zero-order chi connectivity index (χ0) is 14.5. The molecule has 2 nitrogen and oxygen atoms in total. The van der Waals surface area contributed by atoms with E-state index in [9.17, 15) is 0 Å². The number of hydrogen-bond acceptors (Lipinski definition) is 2. The summed E-state index contributed by atoms with van der Waals surface area (Å²) in [6.45, 7) is 0. The van der Waals surface area contributed by atoms with Crippen molar-refractivity contribution in [2.75, 3.05) is 14.2 Å². The summed E-state index contributed by atoms with van der Waals surface area (Å²) in [4.78, 5) is 0. The van der Waals surface area contributed by atoms with Crippen LogP contribution in [0.5, 0.6) is 5.75 Å². The Bertz CT molecular complexity index is 586. The van der Waals surface area contributed by atoms with Crippen molar-refractivity contribution in [2.24, 2.45) is 0 Å². The monoisotopic (exact) mass is 309 g/mol. The average molecular weight is 310 g/mol. The standard InChI is InChI=1S/C16H17Cl2NO/c1-19-15(10-11-5-3-4-6-13(11)17)12-7-8-16(20-2)14(18)9-12/h3-9,15,19H,10H2,1-2H3. The van der Waals surface area contributed by atoms with Crippen LogP contribution < -0.4 is 10.1 Å². The number of rotatable bonds is 5. The predicted octanol–water partition coefficient (Wildman–Crippen LogP) is 4.51. The van der Waals surface area contributed by atoms with Crippen LogP contribution in [0, 0.1) is 0 Å². The molecule has 2 aromatic carbocycles. The third-order valence-corrected chi connectivity index (χ3v) is 3.97. The quantitative estimate of drug-likeness (QED) is 0.877. The van der Waals surface area contributed by atoms with Crippen LogP contribution in [0.25, 0.3) is 0 Å². The highest BCUT2D eigenvalue weighted by molar-refractivity contribution is 6.32. The lowest BCUT2D eigenvalue weighted by atomic mass is 9.99. The second-order valence-corrected chi connectivity index (χ2v) is 5.35. The summed E-state index contributed by atoms with van der Waals surface area (Å²) in [7, 11) is 3.54. The summed E-state index contributed by atoms with van der Waals surface area (Å²) in [6.07, 6.45) is 0.804. The molecule has 0 heterocycles. The predicted molar refractivity (Wildman–Crippen MR) is 85.0 cm³/mol. The van der Waals surface area contributed by atoms with Gasteiger partial charge in [0.25, 0.3) is 0 Å². The van der Waals surface area contributed by atoms with E-state index < -0.39 is 0 Å². The van der Waals surface area contributed by atoms with Gasteiger partial charge in [0.1, 0.15) is 5.75 Å². The molecule has 0 fully saturated rings. The number of halogens is 2. The van der Waals surface area contributed by atoms with Gasteiger partial charge in [0.2, 0.25) is 0 Å². The molecular weight excluding hydrogens is 293 g/mol. The molecule has 0 aliphatic rings. The van der Waals surface area contributed by atoms with Gasteiger partial charge in [-0.3, -0.25) is 0 Å². The molecule has 0 aromatic heterocycles. The minimum absolute atomic E-state index is 0.151. The molecule has 2 aromatic rings.